The van der Waals surface area contributed by atoms with Crippen molar-refractivity contribution in [3.05, 3.63) is 29.3 Å². The molecule has 5 nitrogen and oxygen atoms in total. The van der Waals surface area contributed by atoms with Crippen molar-refractivity contribution in [2.24, 2.45) is 0 Å². The van der Waals surface area contributed by atoms with Crippen LogP contribution >= 0.6 is 0 Å². The number of carbonyl (C=O) groups excluding carboxylic acids is 2. The molecule has 110 valence electrons. The van der Waals surface area contributed by atoms with Crippen LogP contribution in [0.5, 0.6) is 0 Å². The van der Waals surface area contributed by atoms with E-state index >= 15 is 0 Å². The minimum Gasteiger partial charge on any atom is -0.353 e. The van der Waals surface area contributed by atoms with Crippen molar-refractivity contribution in [2.45, 2.75) is 26.7 Å². The number of nitriles is 1. The summed E-state index contributed by atoms with van der Waals surface area (Å²) < 4.78 is 0. The van der Waals surface area contributed by atoms with Crippen LogP contribution in [0.3, 0.4) is 0 Å². The highest BCUT2D eigenvalue weighted by molar-refractivity contribution is 6.02. The van der Waals surface area contributed by atoms with Gasteiger partial charge in [-0.3, -0.25) is 14.5 Å². The van der Waals surface area contributed by atoms with E-state index in [0.29, 0.717) is 19.4 Å². The predicted molar refractivity (Wildman–Crippen MR) is 79.7 cm³/mol. The number of unbranched alkanes of at least 4 members (excludes halogenated alkanes) is 1. The first-order valence-electron chi connectivity index (χ1n) is 7.04. The van der Waals surface area contributed by atoms with Crippen LogP contribution in [-0.2, 0) is 9.59 Å². The van der Waals surface area contributed by atoms with Gasteiger partial charge in [-0.15, -0.1) is 0 Å². The highest BCUT2D eigenvalue weighted by Gasteiger charge is 2.30. The van der Waals surface area contributed by atoms with Crippen molar-refractivity contribution in [3.63, 3.8) is 0 Å². The van der Waals surface area contributed by atoms with Crippen LogP contribution in [0.25, 0.3) is 0 Å². The number of benzene rings is 1. The van der Waals surface area contributed by atoms with Crippen molar-refractivity contribution < 1.29 is 9.59 Å². The maximum absolute atomic E-state index is 12.1. The first-order valence-corrected chi connectivity index (χ1v) is 7.04. The number of anilines is 1. The van der Waals surface area contributed by atoms with Crippen molar-refractivity contribution in [1.29, 1.82) is 5.26 Å². The maximum atomic E-state index is 12.1. The van der Waals surface area contributed by atoms with E-state index in [1.54, 1.807) is 0 Å². The summed E-state index contributed by atoms with van der Waals surface area (Å²) in [4.78, 5) is 27.4. The fraction of sp³-hybridized carbons (Fsp3) is 0.438. The lowest BCUT2D eigenvalue weighted by molar-refractivity contribution is -0.145. The minimum atomic E-state index is -0.191. The summed E-state index contributed by atoms with van der Waals surface area (Å²) in [5, 5.41) is 8.52. The Morgan fingerprint density at radius 3 is 2.19 bits per heavy atom. The first kappa shape index (κ1) is 15.0. The van der Waals surface area contributed by atoms with E-state index in [9.17, 15) is 9.59 Å². The van der Waals surface area contributed by atoms with E-state index in [-0.39, 0.29) is 24.9 Å². The van der Waals surface area contributed by atoms with Crippen molar-refractivity contribution in [3.8, 4) is 6.07 Å². The molecule has 0 aliphatic carbocycles. The van der Waals surface area contributed by atoms with Gasteiger partial charge < -0.3 is 4.90 Å². The van der Waals surface area contributed by atoms with Gasteiger partial charge in [0.05, 0.1) is 19.2 Å². The molecule has 0 unspecified atom stereocenters. The van der Waals surface area contributed by atoms with Gasteiger partial charge in [0.15, 0.2) is 0 Å². The molecule has 1 saturated heterocycles. The molecule has 0 N–H and O–H groups in total. The number of nitrogens with zero attached hydrogens (tertiary/aromatic N) is 3. The van der Waals surface area contributed by atoms with Crippen LogP contribution < -0.4 is 4.90 Å². The Morgan fingerprint density at radius 2 is 1.67 bits per heavy atom. The van der Waals surface area contributed by atoms with Gasteiger partial charge in [0.1, 0.15) is 0 Å². The summed E-state index contributed by atoms with van der Waals surface area (Å²) in [7, 11) is 0. The van der Waals surface area contributed by atoms with Crippen LogP contribution in [0.2, 0.25) is 0 Å². The maximum Gasteiger partial charge on any atom is 0.248 e. The number of piperazine rings is 1. The van der Waals surface area contributed by atoms with Gasteiger partial charge in [0.25, 0.3) is 0 Å². The van der Waals surface area contributed by atoms with E-state index in [0.717, 1.165) is 16.8 Å². The molecule has 1 aliphatic rings. The topological polar surface area (TPSA) is 64.4 Å². The molecule has 0 saturated carbocycles. The van der Waals surface area contributed by atoms with Gasteiger partial charge in [0.2, 0.25) is 11.8 Å². The minimum absolute atomic E-state index is 0.191. The Bertz CT molecular complexity index is 566. The second-order valence-corrected chi connectivity index (χ2v) is 5.40. The molecule has 0 spiro atoms. The lowest BCUT2D eigenvalue weighted by atomic mass is 10.1. The molecule has 1 fully saturated rings. The second-order valence-electron chi connectivity index (χ2n) is 5.40. The van der Waals surface area contributed by atoms with E-state index in [4.69, 9.17) is 5.26 Å². The van der Waals surface area contributed by atoms with Crippen LogP contribution in [0.15, 0.2) is 18.2 Å². The highest BCUT2D eigenvalue weighted by atomic mass is 16.2. The number of rotatable bonds is 4. The third-order valence-electron chi connectivity index (χ3n) is 3.50. The number of hydrogen-bond donors (Lipinski definition) is 0. The number of imide groups is 1. The van der Waals surface area contributed by atoms with Gasteiger partial charge in [-0.2, -0.15) is 5.26 Å². The van der Waals surface area contributed by atoms with E-state index in [1.807, 2.05) is 36.9 Å². The number of aryl methyl sites for hydroxylation is 2. The summed E-state index contributed by atoms with van der Waals surface area (Å²) in [5.74, 6) is -0.383. The molecule has 0 radical (unpaired) electrons. The van der Waals surface area contributed by atoms with Gasteiger partial charge >= 0.3 is 0 Å². The molecule has 0 atom stereocenters. The Labute approximate surface area is 124 Å². The zero-order valence-electron chi connectivity index (χ0n) is 12.4. The highest BCUT2D eigenvalue weighted by Crippen LogP contribution is 2.21. The van der Waals surface area contributed by atoms with Crippen LogP contribution in [0, 0.1) is 25.2 Å². The lowest BCUT2D eigenvalue weighted by Crippen LogP contribution is -2.54. The molecule has 1 aromatic rings. The third kappa shape index (κ3) is 3.60. The number of carbonyl (C=O) groups is 2. The van der Waals surface area contributed by atoms with Crippen molar-refractivity contribution >= 4 is 17.5 Å². The summed E-state index contributed by atoms with van der Waals surface area (Å²) in [6.45, 7) is 4.75. The molecule has 0 bridgehead atoms. The standard InChI is InChI=1S/C16H19N3O2/c1-12-7-13(2)9-14(8-12)18-10-15(20)19(16(21)11-18)6-4-3-5-17/h7-9H,3-4,6,10-11H2,1-2H3. The molecule has 1 heterocycles. The molecule has 5 heteroatoms. The third-order valence-corrected chi connectivity index (χ3v) is 3.50. The van der Waals surface area contributed by atoms with E-state index < -0.39 is 0 Å². The Kier molecular flexibility index (Phi) is 4.59. The quantitative estimate of drug-likeness (QED) is 0.625. The van der Waals surface area contributed by atoms with Gasteiger partial charge in [-0.25, -0.2) is 0 Å². The zero-order valence-corrected chi connectivity index (χ0v) is 12.4. The fourth-order valence-electron chi connectivity index (χ4n) is 2.57. The number of amides is 2. The van der Waals surface area contributed by atoms with E-state index in [2.05, 4.69) is 6.07 Å². The van der Waals surface area contributed by atoms with Crippen molar-refractivity contribution in [2.75, 3.05) is 24.5 Å². The summed E-state index contributed by atoms with van der Waals surface area (Å²) in [6.07, 6.45) is 0.898. The van der Waals surface area contributed by atoms with Crippen molar-refractivity contribution in [1.82, 2.24) is 4.90 Å². The lowest BCUT2D eigenvalue weighted by Gasteiger charge is -2.34. The molecule has 21 heavy (non-hydrogen) atoms. The van der Waals surface area contributed by atoms with Gasteiger partial charge in [-0.1, -0.05) is 6.07 Å². The number of hydrogen-bond acceptors (Lipinski definition) is 4. The summed E-state index contributed by atoms with van der Waals surface area (Å²) in [5.41, 5.74) is 3.13. The Balaban J connectivity index is 2.09. The van der Waals surface area contributed by atoms with E-state index in [1.165, 1.54) is 4.90 Å². The smallest absolute Gasteiger partial charge is 0.248 e. The van der Waals surface area contributed by atoms with Crippen LogP contribution in [0.1, 0.15) is 24.0 Å². The monoisotopic (exact) mass is 285 g/mol. The molecule has 2 amide bonds. The van der Waals surface area contributed by atoms with Gasteiger partial charge in [0, 0.05) is 18.7 Å². The molecule has 1 aliphatic heterocycles. The average Bonchev–Trinajstić information content (AvgIpc) is 2.40. The normalized spacial score (nSPS) is 15.3. The van der Waals surface area contributed by atoms with Crippen LogP contribution in [-0.4, -0.2) is 36.3 Å². The Hall–Kier alpha value is -2.35. The molecule has 1 aromatic carbocycles. The fourth-order valence-corrected chi connectivity index (χ4v) is 2.57. The predicted octanol–water partition coefficient (Wildman–Crippen LogP) is 1.78. The summed E-state index contributed by atoms with van der Waals surface area (Å²) in [6, 6.07) is 8.06. The summed E-state index contributed by atoms with van der Waals surface area (Å²) >= 11 is 0. The Morgan fingerprint density at radius 1 is 1.10 bits per heavy atom. The second kappa shape index (κ2) is 6.40. The molecular weight excluding hydrogens is 266 g/mol. The van der Waals surface area contributed by atoms with Gasteiger partial charge in [-0.05, 0) is 43.5 Å². The largest absolute Gasteiger partial charge is 0.353 e. The van der Waals surface area contributed by atoms with Crippen LogP contribution in [0.4, 0.5) is 5.69 Å². The molecule has 2 rings (SSSR count). The average molecular weight is 285 g/mol. The molecule has 0 aromatic heterocycles. The SMILES string of the molecule is Cc1cc(C)cc(N2CC(=O)N(CCCC#N)C(=O)C2)c1. The molecular formula is C16H19N3O2. The first-order chi connectivity index (χ1) is 10.0. The zero-order chi connectivity index (χ0) is 15.4.